The first-order valence-electron chi connectivity index (χ1n) is 8.17. The zero-order chi connectivity index (χ0) is 18.1. The summed E-state index contributed by atoms with van der Waals surface area (Å²) in [7, 11) is 0. The third-order valence-corrected chi connectivity index (χ3v) is 4.20. The Morgan fingerprint density at radius 3 is 2.88 bits per heavy atom. The minimum Gasteiger partial charge on any atom is -0.394 e. The molecule has 0 radical (unpaired) electrons. The number of pyridine rings is 1. The van der Waals surface area contributed by atoms with Crippen LogP contribution < -0.4 is 5.73 Å². The molecule has 26 heavy (non-hydrogen) atoms. The number of nitrogens with zero attached hydrogens (tertiary/aromatic N) is 4. The summed E-state index contributed by atoms with van der Waals surface area (Å²) in [5.41, 5.74) is 9.53. The van der Waals surface area contributed by atoms with Crippen molar-refractivity contribution in [3.63, 3.8) is 0 Å². The Morgan fingerprint density at radius 2 is 2.12 bits per heavy atom. The van der Waals surface area contributed by atoms with Crippen molar-refractivity contribution in [2.45, 2.75) is 13.1 Å². The summed E-state index contributed by atoms with van der Waals surface area (Å²) in [6.45, 7) is 0.579. The molecule has 132 valence electrons. The maximum absolute atomic E-state index is 14.1. The lowest BCUT2D eigenvalue weighted by Crippen LogP contribution is -2.01. The maximum Gasteiger partial charge on any atom is 0.158 e. The maximum atomic E-state index is 14.1. The molecule has 0 atom stereocenters. The van der Waals surface area contributed by atoms with Gasteiger partial charge >= 0.3 is 0 Å². The van der Waals surface area contributed by atoms with Gasteiger partial charge in [0.15, 0.2) is 5.65 Å². The van der Waals surface area contributed by atoms with Crippen molar-refractivity contribution in [2.75, 3.05) is 6.61 Å². The highest BCUT2D eigenvalue weighted by Gasteiger charge is 2.14. The second-order valence-electron chi connectivity index (χ2n) is 5.87. The number of nitrogens with two attached hydrogens (primary N) is 1. The number of H-pyrrole nitrogens is 1. The van der Waals surface area contributed by atoms with E-state index < -0.39 is 0 Å². The van der Waals surface area contributed by atoms with Crippen molar-refractivity contribution in [3.05, 3.63) is 54.2 Å². The number of halogens is 1. The average Bonchev–Trinajstić information content (AvgIpc) is 3.28. The number of hydrogen-bond donors (Lipinski definition) is 3. The van der Waals surface area contributed by atoms with Gasteiger partial charge in [0.05, 0.1) is 24.9 Å². The fourth-order valence-corrected chi connectivity index (χ4v) is 2.87. The van der Waals surface area contributed by atoms with E-state index in [2.05, 4.69) is 20.1 Å². The highest BCUT2D eigenvalue weighted by atomic mass is 19.1. The van der Waals surface area contributed by atoms with E-state index in [1.54, 1.807) is 35.4 Å². The first-order chi connectivity index (χ1) is 12.7. The number of imidazole rings is 1. The van der Waals surface area contributed by atoms with Crippen molar-refractivity contribution in [1.29, 1.82) is 0 Å². The Hall–Kier alpha value is -3.10. The lowest BCUT2D eigenvalue weighted by Gasteiger charge is -2.05. The zero-order valence-corrected chi connectivity index (χ0v) is 13.9. The summed E-state index contributed by atoms with van der Waals surface area (Å²) >= 11 is 0. The van der Waals surface area contributed by atoms with Gasteiger partial charge in [-0.1, -0.05) is 12.1 Å². The van der Waals surface area contributed by atoms with E-state index in [0.717, 1.165) is 11.1 Å². The van der Waals surface area contributed by atoms with Crippen molar-refractivity contribution >= 4 is 11.2 Å². The monoisotopic (exact) mass is 352 g/mol. The molecule has 0 aliphatic heterocycles. The largest absolute Gasteiger partial charge is 0.394 e. The molecule has 0 saturated carbocycles. The van der Waals surface area contributed by atoms with E-state index in [-0.39, 0.29) is 19.0 Å². The molecule has 4 rings (SSSR count). The number of hydrogen-bond acceptors (Lipinski definition) is 5. The van der Waals surface area contributed by atoms with E-state index in [0.29, 0.717) is 34.7 Å². The Labute approximate surface area is 148 Å². The molecule has 4 N–H and O–H groups in total. The molecule has 0 amide bonds. The van der Waals surface area contributed by atoms with Crippen molar-refractivity contribution in [3.8, 4) is 22.5 Å². The summed E-state index contributed by atoms with van der Waals surface area (Å²) in [6.07, 6.45) is 5.12. The molecular formula is C18H17FN6O. The van der Waals surface area contributed by atoms with Crippen LogP contribution >= 0.6 is 0 Å². The number of nitrogens with one attached hydrogen (secondary N) is 1. The van der Waals surface area contributed by atoms with Crippen LogP contribution in [0.15, 0.2) is 42.9 Å². The Balaban J connectivity index is 1.79. The summed E-state index contributed by atoms with van der Waals surface area (Å²) in [6, 6.07) is 6.78. The van der Waals surface area contributed by atoms with Crippen LogP contribution in [0.3, 0.4) is 0 Å². The number of fused-ring (bicyclic) bond motifs is 1. The molecule has 8 heteroatoms. The SMILES string of the molecule is NCc1ccc(-c2ccnc3[nH]c(-c4cnn(CCO)c4)nc23)cc1F. The van der Waals surface area contributed by atoms with E-state index in [4.69, 9.17) is 10.8 Å². The minimum absolute atomic E-state index is 0.0112. The number of rotatable bonds is 5. The number of aromatic nitrogens is 5. The van der Waals surface area contributed by atoms with Gasteiger partial charge in [-0.05, 0) is 17.7 Å². The number of aliphatic hydroxyl groups is 1. The Bertz CT molecular complexity index is 1070. The lowest BCUT2D eigenvalue weighted by molar-refractivity contribution is 0.269. The van der Waals surface area contributed by atoms with Gasteiger partial charge in [0, 0.05) is 30.1 Å². The minimum atomic E-state index is -0.337. The number of aliphatic hydroxyl groups excluding tert-OH is 1. The van der Waals surface area contributed by atoms with E-state index >= 15 is 0 Å². The van der Waals surface area contributed by atoms with Crippen molar-refractivity contribution in [2.24, 2.45) is 5.73 Å². The first kappa shape index (κ1) is 16.4. The molecule has 0 spiro atoms. The molecule has 0 aliphatic rings. The molecule has 4 aromatic rings. The predicted molar refractivity (Wildman–Crippen MR) is 95.5 cm³/mol. The van der Waals surface area contributed by atoms with E-state index in [1.807, 2.05) is 6.07 Å². The molecule has 0 aliphatic carbocycles. The first-order valence-corrected chi connectivity index (χ1v) is 8.17. The molecule has 1 aromatic carbocycles. The molecule has 0 fully saturated rings. The summed E-state index contributed by atoms with van der Waals surface area (Å²) < 4.78 is 15.8. The second kappa shape index (κ2) is 6.66. The van der Waals surface area contributed by atoms with Gasteiger partial charge in [0.1, 0.15) is 17.2 Å². The smallest absolute Gasteiger partial charge is 0.158 e. The lowest BCUT2D eigenvalue weighted by atomic mass is 10.0. The third-order valence-electron chi connectivity index (χ3n) is 4.20. The quantitative estimate of drug-likeness (QED) is 0.510. The Kier molecular flexibility index (Phi) is 4.19. The van der Waals surface area contributed by atoms with Crippen LogP contribution in [0.4, 0.5) is 4.39 Å². The van der Waals surface area contributed by atoms with Gasteiger partial charge in [-0.3, -0.25) is 4.68 Å². The van der Waals surface area contributed by atoms with Crippen LogP contribution in [-0.2, 0) is 13.1 Å². The third kappa shape index (κ3) is 2.85. The zero-order valence-electron chi connectivity index (χ0n) is 13.9. The van der Waals surface area contributed by atoms with Gasteiger partial charge in [-0.2, -0.15) is 5.10 Å². The van der Waals surface area contributed by atoms with Gasteiger partial charge < -0.3 is 15.8 Å². The molecule has 3 aromatic heterocycles. The van der Waals surface area contributed by atoms with Crippen molar-refractivity contribution < 1.29 is 9.50 Å². The Morgan fingerprint density at radius 1 is 1.23 bits per heavy atom. The fraction of sp³-hybridized carbons (Fsp3) is 0.167. The second-order valence-corrected chi connectivity index (χ2v) is 5.87. The van der Waals surface area contributed by atoms with Crippen LogP contribution in [0.2, 0.25) is 0 Å². The highest BCUT2D eigenvalue weighted by Crippen LogP contribution is 2.29. The summed E-state index contributed by atoms with van der Waals surface area (Å²) in [5.74, 6) is 0.277. The molecule has 0 saturated heterocycles. The number of aromatic amines is 1. The highest BCUT2D eigenvalue weighted by molar-refractivity contribution is 5.91. The summed E-state index contributed by atoms with van der Waals surface area (Å²) in [5, 5.41) is 13.2. The van der Waals surface area contributed by atoms with Crippen molar-refractivity contribution in [1.82, 2.24) is 24.7 Å². The molecule has 0 bridgehead atoms. The normalized spacial score (nSPS) is 11.3. The van der Waals surface area contributed by atoms with Gasteiger partial charge in [-0.15, -0.1) is 0 Å². The molecule has 0 unspecified atom stereocenters. The molecule has 3 heterocycles. The summed E-state index contributed by atoms with van der Waals surface area (Å²) in [4.78, 5) is 12.1. The standard InChI is InChI=1S/C18H17FN6O/c19-15-7-11(1-2-12(15)8-20)14-3-4-21-18-16(14)23-17(24-18)13-9-22-25(10-13)5-6-26/h1-4,7,9-10,26H,5-6,8,20H2,(H,21,23,24). The van der Waals surface area contributed by atoms with E-state index in [1.165, 1.54) is 6.07 Å². The van der Waals surface area contributed by atoms with Gasteiger partial charge in [0.25, 0.3) is 0 Å². The molecule has 7 nitrogen and oxygen atoms in total. The van der Waals surface area contributed by atoms with Crippen LogP contribution in [-0.4, -0.2) is 36.4 Å². The van der Waals surface area contributed by atoms with Gasteiger partial charge in [0.2, 0.25) is 0 Å². The average molecular weight is 352 g/mol. The van der Waals surface area contributed by atoms with Crippen LogP contribution in [0, 0.1) is 5.82 Å². The van der Waals surface area contributed by atoms with Crippen LogP contribution in [0.5, 0.6) is 0 Å². The fourth-order valence-electron chi connectivity index (χ4n) is 2.87. The van der Waals surface area contributed by atoms with Crippen LogP contribution in [0.25, 0.3) is 33.7 Å². The molecular weight excluding hydrogens is 335 g/mol. The predicted octanol–water partition coefficient (Wildman–Crippen LogP) is 2.08. The number of benzene rings is 1. The van der Waals surface area contributed by atoms with E-state index in [9.17, 15) is 4.39 Å². The topological polar surface area (TPSA) is 106 Å². The van der Waals surface area contributed by atoms with Gasteiger partial charge in [-0.25, -0.2) is 14.4 Å². The van der Waals surface area contributed by atoms with Crippen LogP contribution in [0.1, 0.15) is 5.56 Å².